The highest BCUT2D eigenvalue weighted by Gasteiger charge is 2.21. The number of nitrogens with one attached hydrogen (secondary N) is 1. The molecule has 0 radical (unpaired) electrons. The molecule has 3 aromatic carbocycles. The van der Waals surface area contributed by atoms with E-state index in [1.165, 1.54) is 0 Å². The maximum absolute atomic E-state index is 12.4. The largest absolute Gasteiger partial charge is 0.480 e. The van der Waals surface area contributed by atoms with Gasteiger partial charge < -0.3 is 10.4 Å². The molecule has 140 valence electrons. The van der Waals surface area contributed by atoms with Crippen molar-refractivity contribution in [2.75, 3.05) is 0 Å². The molecule has 0 aliphatic rings. The van der Waals surface area contributed by atoms with Crippen LogP contribution in [0, 0.1) is 0 Å². The van der Waals surface area contributed by atoms with Crippen molar-refractivity contribution in [2.45, 2.75) is 12.5 Å². The third-order valence-electron chi connectivity index (χ3n) is 4.33. The molecule has 0 aliphatic carbocycles. The number of ketones is 1. The van der Waals surface area contributed by atoms with E-state index in [9.17, 15) is 19.5 Å². The van der Waals surface area contributed by atoms with Gasteiger partial charge in [-0.2, -0.15) is 0 Å². The first-order chi connectivity index (χ1) is 13.5. The van der Waals surface area contributed by atoms with Gasteiger partial charge in [0.15, 0.2) is 5.78 Å². The summed E-state index contributed by atoms with van der Waals surface area (Å²) < 4.78 is 0. The molecular formula is C23H19NO4. The Balaban J connectivity index is 1.69. The Morgan fingerprint density at radius 3 is 1.75 bits per heavy atom. The van der Waals surface area contributed by atoms with Gasteiger partial charge in [0.1, 0.15) is 6.04 Å². The number of benzene rings is 3. The predicted octanol–water partition coefficient (Wildman–Crippen LogP) is 3.34. The quantitative estimate of drug-likeness (QED) is 0.622. The second-order valence-electron chi connectivity index (χ2n) is 6.33. The first-order valence-corrected chi connectivity index (χ1v) is 8.82. The number of rotatable bonds is 7. The molecule has 0 heterocycles. The topological polar surface area (TPSA) is 83.5 Å². The fraction of sp³-hybridized carbons (Fsp3) is 0.0870. The van der Waals surface area contributed by atoms with Crippen LogP contribution in [-0.4, -0.2) is 28.8 Å². The molecular weight excluding hydrogens is 354 g/mol. The van der Waals surface area contributed by atoms with E-state index in [1.807, 2.05) is 6.07 Å². The van der Waals surface area contributed by atoms with Crippen LogP contribution in [0.15, 0.2) is 84.9 Å². The predicted molar refractivity (Wildman–Crippen MR) is 105 cm³/mol. The van der Waals surface area contributed by atoms with E-state index in [0.717, 1.165) is 0 Å². The summed E-state index contributed by atoms with van der Waals surface area (Å²) in [6.45, 7) is 0. The minimum Gasteiger partial charge on any atom is -0.480 e. The fourth-order valence-electron chi connectivity index (χ4n) is 2.82. The second-order valence-corrected chi connectivity index (χ2v) is 6.33. The van der Waals surface area contributed by atoms with Gasteiger partial charge in [-0.25, -0.2) is 4.79 Å². The molecule has 0 saturated carbocycles. The Bertz CT molecular complexity index is 967. The van der Waals surface area contributed by atoms with E-state index in [2.05, 4.69) is 5.32 Å². The zero-order valence-corrected chi connectivity index (χ0v) is 15.0. The fourth-order valence-corrected chi connectivity index (χ4v) is 2.82. The highest BCUT2D eigenvalue weighted by Crippen LogP contribution is 2.13. The van der Waals surface area contributed by atoms with Gasteiger partial charge >= 0.3 is 5.97 Å². The van der Waals surface area contributed by atoms with Gasteiger partial charge in [-0.3, -0.25) is 9.59 Å². The number of aliphatic carboxylic acids is 1. The molecule has 0 spiro atoms. The van der Waals surface area contributed by atoms with Crippen LogP contribution < -0.4 is 5.32 Å². The monoisotopic (exact) mass is 373 g/mol. The molecule has 2 N–H and O–H groups in total. The van der Waals surface area contributed by atoms with E-state index in [-0.39, 0.29) is 12.2 Å². The number of hydrogen-bond donors (Lipinski definition) is 2. The van der Waals surface area contributed by atoms with Gasteiger partial charge in [-0.15, -0.1) is 0 Å². The lowest BCUT2D eigenvalue weighted by atomic mass is 9.99. The number of amides is 1. The lowest BCUT2D eigenvalue weighted by Crippen LogP contribution is -2.42. The van der Waals surface area contributed by atoms with Crippen molar-refractivity contribution >= 4 is 17.7 Å². The lowest BCUT2D eigenvalue weighted by molar-refractivity contribution is -0.139. The van der Waals surface area contributed by atoms with Crippen LogP contribution in [0.3, 0.4) is 0 Å². The summed E-state index contributed by atoms with van der Waals surface area (Å²) in [7, 11) is 0. The molecule has 0 bridgehead atoms. The first-order valence-electron chi connectivity index (χ1n) is 8.82. The summed E-state index contributed by atoms with van der Waals surface area (Å²) in [4.78, 5) is 36.2. The van der Waals surface area contributed by atoms with Crippen molar-refractivity contribution in [1.82, 2.24) is 5.32 Å². The smallest absolute Gasteiger partial charge is 0.326 e. The van der Waals surface area contributed by atoms with Crippen molar-refractivity contribution in [3.05, 3.63) is 107 Å². The van der Waals surface area contributed by atoms with Crippen LogP contribution in [0.25, 0.3) is 0 Å². The van der Waals surface area contributed by atoms with Gasteiger partial charge in [0.25, 0.3) is 5.91 Å². The van der Waals surface area contributed by atoms with Gasteiger partial charge in [-0.1, -0.05) is 72.8 Å². The minimum atomic E-state index is -1.12. The van der Waals surface area contributed by atoms with E-state index in [0.29, 0.717) is 22.3 Å². The zero-order chi connectivity index (χ0) is 19.9. The lowest BCUT2D eigenvalue weighted by Gasteiger charge is -2.15. The van der Waals surface area contributed by atoms with Crippen LogP contribution in [0.1, 0.15) is 31.8 Å². The molecule has 3 rings (SSSR count). The highest BCUT2D eigenvalue weighted by atomic mass is 16.4. The molecule has 0 saturated heterocycles. The number of carboxylic acids is 1. The van der Waals surface area contributed by atoms with Crippen molar-refractivity contribution in [1.29, 1.82) is 0 Å². The minimum absolute atomic E-state index is 0.0979. The molecule has 1 atom stereocenters. The van der Waals surface area contributed by atoms with E-state index < -0.39 is 17.9 Å². The maximum Gasteiger partial charge on any atom is 0.326 e. The van der Waals surface area contributed by atoms with Crippen LogP contribution in [0.5, 0.6) is 0 Å². The Hall–Kier alpha value is -3.73. The first kappa shape index (κ1) is 19.0. The van der Waals surface area contributed by atoms with E-state index in [4.69, 9.17) is 0 Å². The Kier molecular flexibility index (Phi) is 5.97. The second kappa shape index (κ2) is 8.77. The number of carbonyl (C=O) groups is 3. The zero-order valence-electron chi connectivity index (χ0n) is 15.0. The normalized spacial score (nSPS) is 11.4. The van der Waals surface area contributed by atoms with Gasteiger partial charge in [0, 0.05) is 23.1 Å². The summed E-state index contributed by atoms with van der Waals surface area (Å²) >= 11 is 0. The summed E-state index contributed by atoms with van der Waals surface area (Å²) in [6.07, 6.45) is 0.119. The van der Waals surface area contributed by atoms with Gasteiger partial charge in [0.2, 0.25) is 0 Å². The average molecular weight is 373 g/mol. The Labute approximate surface area is 162 Å². The summed E-state index contributed by atoms with van der Waals surface area (Å²) in [5.74, 6) is -1.66. The molecule has 0 aromatic heterocycles. The van der Waals surface area contributed by atoms with E-state index >= 15 is 0 Å². The van der Waals surface area contributed by atoms with Crippen LogP contribution in [0.2, 0.25) is 0 Å². The maximum atomic E-state index is 12.4. The number of carboxylic acid groups (broad SMARTS) is 1. The standard InChI is InChI=1S/C23H19NO4/c25-21(17-7-3-1-4-8-17)18-13-11-16(12-14-18)15-20(23(27)28)24-22(26)19-9-5-2-6-10-19/h1-14,20H,15H2,(H,24,26)(H,27,28)/t20-/m0/s1. The molecule has 0 unspecified atom stereocenters. The van der Waals surface area contributed by atoms with Gasteiger partial charge in [-0.05, 0) is 17.7 Å². The van der Waals surface area contributed by atoms with E-state index in [1.54, 1.807) is 78.9 Å². The Morgan fingerprint density at radius 2 is 1.21 bits per heavy atom. The number of carbonyl (C=O) groups excluding carboxylic acids is 2. The molecule has 28 heavy (non-hydrogen) atoms. The van der Waals surface area contributed by atoms with Crippen LogP contribution in [0.4, 0.5) is 0 Å². The summed E-state index contributed by atoms with van der Waals surface area (Å²) in [6, 6.07) is 23.1. The van der Waals surface area contributed by atoms with Crippen molar-refractivity contribution in [2.24, 2.45) is 0 Å². The average Bonchev–Trinajstić information content (AvgIpc) is 2.74. The molecule has 3 aromatic rings. The van der Waals surface area contributed by atoms with Crippen molar-refractivity contribution < 1.29 is 19.5 Å². The van der Waals surface area contributed by atoms with Crippen LogP contribution >= 0.6 is 0 Å². The van der Waals surface area contributed by atoms with Crippen molar-refractivity contribution in [3.63, 3.8) is 0 Å². The molecule has 0 aliphatic heterocycles. The third-order valence-corrected chi connectivity index (χ3v) is 4.33. The van der Waals surface area contributed by atoms with Gasteiger partial charge in [0.05, 0.1) is 0 Å². The third kappa shape index (κ3) is 4.71. The molecule has 5 heteroatoms. The van der Waals surface area contributed by atoms with Crippen molar-refractivity contribution in [3.8, 4) is 0 Å². The Morgan fingerprint density at radius 1 is 0.714 bits per heavy atom. The number of hydrogen-bond acceptors (Lipinski definition) is 3. The highest BCUT2D eigenvalue weighted by molar-refractivity contribution is 6.08. The van der Waals surface area contributed by atoms with Crippen LogP contribution in [-0.2, 0) is 11.2 Å². The molecule has 1 amide bonds. The molecule has 5 nitrogen and oxygen atoms in total. The summed E-state index contributed by atoms with van der Waals surface area (Å²) in [5, 5.41) is 12.0. The summed E-state index contributed by atoms with van der Waals surface area (Å²) in [5.41, 5.74) is 2.23. The SMILES string of the molecule is O=C(N[C@@H](Cc1ccc(C(=O)c2ccccc2)cc1)C(=O)O)c1ccccc1. The molecule has 0 fully saturated rings.